The lowest BCUT2D eigenvalue weighted by atomic mass is 10.3. The minimum absolute atomic E-state index is 0.109. The van der Waals surface area contributed by atoms with Crippen LogP contribution in [0, 0.1) is 0 Å². The van der Waals surface area contributed by atoms with Gasteiger partial charge in [-0.2, -0.15) is 16.3 Å². The maximum absolute atomic E-state index is 11.5. The van der Waals surface area contributed by atoms with E-state index in [4.69, 9.17) is 4.52 Å². The van der Waals surface area contributed by atoms with Crippen molar-refractivity contribution in [3.8, 4) is 23.0 Å². The Labute approximate surface area is 106 Å². The normalized spacial score (nSPS) is 10.7. The highest BCUT2D eigenvalue weighted by Crippen LogP contribution is 2.22. The van der Waals surface area contributed by atoms with Crippen LogP contribution in [-0.2, 0) is 7.05 Å². The van der Waals surface area contributed by atoms with Crippen LogP contribution in [0.4, 0.5) is 0 Å². The second-order valence-corrected chi connectivity index (χ2v) is 4.52. The van der Waals surface area contributed by atoms with Crippen LogP contribution in [0.25, 0.3) is 23.0 Å². The molecule has 0 aliphatic rings. The molecule has 3 heterocycles. The van der Waals surface area contributed by atoms with E-state index in [2.05, 4.69) is 10.1 Å². The smallest absolute Gasteiger partial charge is 0.274 e. The lowest BCUT2D eigenvalue weighted by Crippen LogP contribution is -2.16. The SMILES string of the molecule is Cn1c(-c2nc(-c3ccsc3)no2)cccc1=O. The van der Waals surface area contributed by atoms with Gasteiger partial charge in [0.1, 0.15) is 5.69 Å². The van der Waals surface area contributed by atoms with Crippen molar-refractivity contribution in [2.45, 2.75) is 0 Å². The number of rotatable bonds is 2. The highest BCUT2D eigenvalue weighted by Gasteiger charge is 2.13. The average Bonchev–Trinajstić information content (AvgIpc) is 3.01. The molecule has 0 aromatic carbocycles. The van der Waals surface area contributed by atoms with Crippen LogP contribution in [0.2, 0.25) is 0 Å². The van der Waals surface area contributed by atoms with E-state index in [9.17, 15) is 4.79 Å². The van der Waals surface area contributed by atoms with Crippen molar-refractivity contribution in [3.63, 3.8) is 0 Å². The monoisotopic (exact) mass is 259 g/mol. The van der Waals surface area contributed by atoms with E-state index in [1.807, 2.05) is 16.8 Å². The summed E-state index contributed by atoms with van der Waals surface area (Å²) in [6.45, 7) is 0. The summed E-state index contributed by atoms with van der Waals surface area (Å²) in [4.78, 5) is 15.8. The fraction of sp³-hybridized carbons (Fsp3) is 0.0833. The first-order valence-corrected chi connectivity index (χ1v) is 6.22. The highest BCUT2D eigenvalue weighted by atomic mass is 32.1. The Balaban J connectivity index is 2.09. The van der Waals surface area contributed by atoms with Crippen LogP contribution in [0.1, 0.15) is 0 Å². The quantitative estimate of drug-likeness (QED) is 0.707. The van der Waals surface area contributed by atoms with Crippen LogP contribution >= 0.6 is 11.3 Å². The summed E-state index contributed by atoms with van der Waals surface area (Å²) < 4.78 is 6.67. The van der Waals surface area contributed by atoms with Crippen molar-refractivity contribution < 1.29 is 4.52 Å². The molecule has 0 N–H and O–H groups in total. The lowest BCUT2D eigenvalue weighted by molar-refractivity contribution is 0.429. The number of hydrogen-bond donors (Lipinski definition) is 0. The summed E-state index contributed by atoms with van der Waals surface area (Å²) >= 11 is 1.57. The average molecular weight is 259 g/mol. The standard InChI is InChI=1S/C12H9N3O2S/c1-15-9(3-2-4-10(15)16)12-13-11(14-17-12)8-5-6-18-7-8/h2-7H,1H3. The van der Waals surface area contributed by atoms with Crippen LogP contribution in [-0.4, -0.2) is 14.7 Å². The van der Waals surface area contributed by atoms with Crippen molar-refractivity contribution in [2.24, 2.45) is 7.05 Å². The molecule has 0 fully saturated rings. The number of hydrogen-bond acceptors (Lipinski definition) is 5. The van der Waals surface area contributed by atoms with Gasteiger partial charge in [0.05, 0.1) is 0 Å². The molecule has 0 radical (unpaired) electrons. The van der Waals surface area contributed by atoms with E-state index in [-0.39, 0.29) is 5.56 Å². The molecule has 0 atom stereocenters. The van der Waals surface area contributed by atoms with Crippen molar-refractivity contribution in [1.82, 2.24) is 14.7 Å². The molecule has 3 rings (SSSR count). The maximum atomic E-state index is 11.5. The Kier molecular flexibility index (Phi) is 2.56. The van der Waals surface area contributed by atoms with Gasteiger partial charge in [0.2, 0.25) is 5.82 Å². The van der Waals surface area contributed by atoms with Crippen molar-refractivity contribution in [3.05, 3.63) is 45.4 Å². The van der Waals surface area contributed by atoms with E-state index in [1.54, 1.807) is 30.5 Å². The number of aromatic nitrogens is 3. The van der Waals surface area contributed by atoms with Gasteiger partial charge in [0.25, 0.3) is 11.4 Å². The van der Waals surface area contributed by atoms with Crippen LogP contribution in [0.3, 0.4) is 0 Å². The van der Waals surface area contributed by atoms with Gasteiger partial charge in [0, 0.05) is 24.1 Å². The topological polar surface area (TPSA) is 60.9 Å². The molecule has 18 heavy (non-hydrogen) atoms. The molecule has 0 aliphatic carbocycles. The lowest BCUT2D eigenvalue weighted by Gasteiger charge is -2.01. The molecule has 0 saturated carbocycles. The number of thiophene rings is 1. The third-order valence-electron chi connectivity index (χ3n) is 2.61. The first-order valence-electron chi connectivity index (χ1n) is 5.28. The molecule has 0 unspecified atom stereocenters. The van der Waals surface area contributed by atoms with Crippen molar-refractivity contribution in [2.75, 3.05) is 0 Å². The summed E-state index contributed by atoms with van der Waals surface area (Å²) in [7, 11) is 1.67. The molecule has 5 nitrogen and oxygen atoms in total. The van der Waals surface area contributed by atoms with Gasteiger partial charge in [-0.05, 0) is 17.5 Å². The van der Waals surface area contributed by atoms with E-state index < -0.39 is 0 Å². The van der Waals surface area contributed by atoms with Crippen LogP contribution < -0.4 is 5.56 Å². The molecule has 0 aliphatic heterocycles. The largest absolute Gasteiger partial charge is 0.332 e. The van der Waals surface area contributed by atoms with E-state index in [0.29, 0.717) is 17.4 Å². The second kappa shape index (κ2) is 4.23. The van der Waals surface area contributed by atoms with Gasteiger partial charge in [-0.1, -0.05) is 11.2 Å². The van der Waals surface area contributed by atoms with Crippen LogP contribution in [0.5, 0.6) is 0 Å². The van der Waals surface area contributed by atoms with E-state index >= 15 is 0 Å². The van der Waals surface area contributed by atoms with Crippen molar-refractivity contribution in [1.29, 1.82) is 0 Å². The molecular weight excluding hydrogens is 250 g/mol. The predicted molar refractivity (Wildman–Crippen MR) is 68.3 cm³/mol. The Bertz CT molecular complexity index is 728. The van der Waals surface area contributed by atoms with E-state index in [1.165, 1.54) is 10.6 Å². The van der Waals surface area contributed by atoms with Gasteiger partial charge in [-0.15, -0.1) is 0 Å². The summed E-state index contributed by atoms with van der Waals surface area (Å²) in [5, 5.41) is 7.80. The Morgan fingerprint density at radius 1 is 1.33 bits per heavy atom. The first kappa shape index (κ1) is 10.9. The summed E-state index contributed by atoms with van der Waals surface area (Å²) in [6.07, 6.45) is 0. The first-order chi connectivity index (χ1) is 8.75. The summed E-state index contributed by atoms with van der Waals surface area (Å²) in [6, 6.07) is 6.85. The molecule has 0 amide bonds. The summed E-state index contributed by atoms with van der Waals surface area (Å²) in [5.41, 5.74) is 1.41. The Hall–Kier alpha value is -2.21. The maximum Gasteiger partial charge on any atom is 0.274 e. The van der Waals surface area contributed by atoms with Gasteiger partial charge in [0.15, 0.2) is 0 Å². The van der Waals surface area contributed by atoms with Gasteiger partial charge >= 0.3 is 0 Å². The fourth-order valence-corrected chi connectivity index (χ4v) is 2.25. The Morgan fingerprint density at radius 3 is 3.00 bits per heavy atom. The van der Waals surface area contributed by atoms with Crippen LogP contribution in [0.15, 0.2) is 44.3 Å². The fourth-order valence-electron chi connectivity index (χ4n) is 1.62. The molecule has 0 spiro atoms. The summed E-state index contributed by atoms with van der Waals surface area (Å²) in [5.74, 6) is 0.874. The minimum Gasteiger partial charge on any atom is -0.332 e. The molecule has 0 saturated heterocycles. The highest BCUT2D eigenvalue weighted by molar-refractivity contribution is 7.08. The zero-order valence-electron chi connectivity index (χ0n) is 9.53. The zero-order chi connectivity index (χ0) is 12.5. The van der Waals surface area contributed by atoms with E-state index in [0.717, 1.165) is 5.56 Å². The predicted octanol–water partition coefficient (Wildman–Crippen LogP) is 2.16. The molecule has 90 valence electrons. The third kappa shape index (κ3) is 1.76. The van der Waals surface area contributed by atoms with Gasteiger partial charge in [-0.25, -0.2) is 0 Å². The molecule has 3 aromatic heterocycles. The minimum atomic E-state index is -0.109. The zero-order valence-corrected chi connectivity index (χ0v) is 10.3. The molecular formula is C12H9N3O2S. The van der Waals surface area contributed by atoms with Crippen molar-refractivity contribution >= 4 is 11.3 Å². The molecule has 6 heteroatoms. The Morgan fingerprint density at radius 2 is 2.22 bits per heavy atom. The molecule has 3 aromatic rings. The van der Waals surface area contributed by atoms with Gasteiger partial charge in [-0.3, -0.25) is 4.79 Å². The molecule has 0 bridgehead atoms. The third-order valence-corrected chi connectivity index (χ3v) is 3.29. The number of pyridine rings is 1. The van der Waals surface area contributed by atoms with Gasteiger partial charge < -0.3 is 9.09 Å². The number of nitrogens with zero attached hydrogens (tertiary/aromatic N) is 3. The second-order valence-electron chi connectivity index (χ2n) is 3.74.